The lowest BCUT2D eigenvalue weighted by Crippen LogP contribution is -2.17. The summed E-state index contributed by atoms with van der Waals surface area (Å²) >= 11 is 3.04. The molecule has 0 amide bonds. The van der Waals surface area contributed by atoms with Crippen molar-refractivity contribution >= 4 is 27.7 Å². The zero-order valence-electron chi connectivity index (χ0n) is 12.5. The minimum absolute atomic E-state index is 0.0214. The first-order chi connectivity index (χ1) is 10.8. The van der Waals surface area contributed by atoms with Crippen LogP contribution in [-0.2, 0) is 14.1 Å². The molecule has 0 aliphatic carbocycles. The van der Waals surface area contributed by atoms with Crippen LogP contribution in [0.15, 0.2) is 46.2 Å². The molecule has 0 saturated heterocycles. The van der Waals surface area contributed by atoms with Crippen molar-refractivity contribution in [3.63, 3.8) is 0 Å². The lowest BCUT2D eigenvalue weighted by Gasteiger charge is -1.98. The third-order valence-electron chi connectivity index (χ3n) is 2.90. The van der Waals surface area contributed by atoms with E-state index >= 15 is 0 Å². The van der Waals surface area contributed by atoms with Gasteiger partial charge in [-0.2, -0.15) is 0 Å². The lowest BCUT2D eigenvalue weighted by molar-refractivity contribution is 0.0696. The van der Waals surface area contributed by atoms with Gasteiger partial charge in [0.05, 0.1) is 10.9 Å². The summed E-state index contributed by atoms with van der Waals surface area (Å²) in [6, 6.07) is 5.43. The number of aromatic nitrogens is 2. The van der Waals surface area contributed by atoms with Crippen molar-refractivity contribution in [2.75, 3.05) is 5.33 Å². The number of carboxylic acid groups (broad SMARTS) is 1. The van der Waals surface area contributed by atoms with Gasteiger partial charge in [0.2, 0.25) is 0 Å². The van der Waals surface area contributed by atoms with Crippen LogP contribution in [0.5, 0.6) is 0 Å². The van der Waals surface area contributed by atoms with Crippen molar-refractivity contribution in [2.45, 2.75) is 0 Å². The molecule has 0 spiro atoms. The highest BCUT2D eigenvalue weighted by molar-refractivity contribution is 9.09. The Labute approximate surface area is 139 Å². The fourth-order valence-corrected chi connectivity index (χ4v) is 1.80. The summed E-state index contributed by atoms with van der Waals surface area (Å²) in [6.45, 7) is 0. The number of pyridine rings is 2. The molecule has 0 unspecified atom stereocenters. The van der Waals surface area contributed by atoms with Crippen LogP contribution >= 0.6 is 15.9 Å². The van der Waals surface area contributed by atoms with Crippen LogP contribution < -0.4 is 11.1 Å². The number of carbonyl (C=O) groups excluding carboxylic acids is 1. The SMILES string of the molecule is Cn1ccc(C(=O)CBr)cc1=O.Cn1ccc(C(=O)O)cc1=O. The number of rotatable bonds is 3. The molecule has 1 N–H and O–H groups in total. The summed E-state index contributed by atoms with van der Waals surface area (Å²) < 4.78 is 2.73. The number of hydrogen-bond acceptors (Lipinski definition) is 4. The van der Waals surface area contributed by atoms with E-state index in [1.807, 2.05) is 0 Å². The van der Waals surface area contributed by atoms with Gasteiger partial charge in [-0.25, -0.2) is 4.79 Å². The third-order valence-corrected chi connectivity index (χ3v) is 3.41. The molecule has 122 valence electrons. The van der Waals surface area contributed by atoms with Crippen LogP contribution in [0, 0.1) is 0 Å². The fraction of sp³-hybridized carbons (Fsp3) is 0.200. The zero-order chi connectivity index (χ0) is 17.6. The molecule has 0 fully saturated rings. The molecule has 0 saturated carbocycles. The van der Waals surface area contributed by atoms with Gasteiger partial charge in [-0.15, -0.1) is 0 Å². The Bertz CT molecular complexity index is 838. The maximum Gasteiger partial charge on any atom is 0.335 e. The molecule has 0 aliphatic rings. The molecular formula is C15H15BrN2O5. The van der Waals surface area contributed by atoms with Crippen LogP contribution in [0.1, 0.15) is 20.7 Å². The molecule has 2 heterocycles. The van der Waals surface area contributed by atoms with Gasteiger partial charge in [0, 0.05) is 44.2 Å². The van der Waals surface area contributed by atoms with Gasteiger partial charge in [0.25, 0.3) is 11.1 Å². The van der Waals surface area contributed by atoms with E-state index in [4.69, 9.17) is 5.11 Å². The normalized spacial score (nSPS) is 9.70. The van der Waals surface area contributed by atoms with Crippen LogP contribution in [0.3, 0.4) is 0 Å². The van der Waals surface area contributed by atoms with Crippen LogP contribution in [0.25, 0.3) is 0 Å². The summed E-state index contributed by atoms with van der Waals surface area (Å²) in [7, 11) is 3.21. The van der Waals surface area contributed by atoms with Crippen molar-refractivity contribution < 1.29 is 14.7 Å². The van der Waals surface area contributed by atoms with Gasteiger partial charge in [-0.05, 0) is 12.1 Å². The molecule has 2 rings (SSSR count). The highest BCUT2D eigenvalue weighted by Gasteiger charge is 2.04. The van der Waals surface area contributed by atoms with Crippen LogP contribution in [0.2, 0.25) is 0 Å². The molecule has 0 aromatic carbocycles. The monoisotopic (exact) mass is 382 g/mol. The van der Waals surface area contributed by atoms with Crippen molar-refractivity contribution in [2.24, 2.45) is 14.1 Å². The predicted octanol–water partition coefficient (Wildman–Crippen LogP) is 1.05. The second-order valence-corrected chi connectivity index (χ2v) is 5.15. The number of aromatic carboxylic acids is 1. The Morgan fingerprint density at radius 3 is 1.83 bits per heavy atom. The van der Waals surface area contributed by atoms with Crippen LogP contribution in [0.4, 0.5) is 0 Å². The fourth-order valence-electron chi connectivity index (χ4n) is 1.48. The minimum Gasteiger partial charge on any atom is -0.478 e. The van der Waals surface area contributed by atoms with Crippen LogP contribution in [-0.4, -0.2) is 31.3 Å². The topological polar surface area (TPSA) is 98.4 Å². The van der Waals surface area contributed by atoms with Gasteiger partial charge in [-0.3, -0.25) is 14.4 Å². The molecule has 7 nitrogen and oxygen atoms in total. The predicted molar refractivity (Wildman–Crippen MR) is 88.4 cm³/mol. The number of carboxylic acids is 1. The van der Waals surface area contributed by atoms with Crippen molar-refractivity contribution in [1.29, 1.82) is 0 Å². The number of alkyl halides is 1. The summed E-state index contributed by atoms with van der Waals surface area (Å²) in [4.78, 5) is 43.3. The summed E-state index contributed by atoms with van der Waals surface area (Å²) in [5.74, 6) is -1.16. The Kier molecular flexibility index (Phi) is 6.65. The Morgan fingerprint density at radius 1 is 1.00 bits per heavy atom. The number of hydrogen-bond donors (Lipinski definition) is 1. The third kappa shape index (κ3) is 5.33. The molecule has 0 aliphatic heterocycles. The molecule has 0 bridgehead atoms. The van der Waals surface area contributed by atoms with E-state index in [1.165, 1.54) is 27.5 Å². The first-order valence-electron chi connectivity index (χ1n) is 6.42. The number of aryl methyl sites for hydroxylation is 2. The average Bonchev–Trinajstić information content (AvgIpc) is 2.52. The highest BCUT2D eigenvalue weighted by Crippen LogP contribution is 1.98. The zero-order valence-corrected chi connectivity index (χ0v) is 14.1. The molecule has 0 atom stereocenters. The van der Waals surface area contributed by atoms with Gasteiger partial charge >= 0.3 is 5.97 Å². The maximum atomic E-state index is 11.1. The van der Waals surface area contributed by atoms with E-state index in [-0.39, 0.29) is 27.8 Å². The van der Waals surface area contributed by atoms with Gasteiger partial charge in [0.15, 0.2) is 5.78 Å². The molecule has 23 heavy (non-hydrogen) atoms. The van der Waals surface area contributed by atoms with Gasteiger partial charge in [-0.1, -0.05) is 15.9 Å². The lowest BCUT2D eigenvalue weighted by atomic mass is 10.2. The summed E-state index contributed by atoms with van der Waals surface area (Å²) in [5, 5.41) is 8.70. The largest absolute Gasteiger partial charge is 0.478 e. The number of carbonyl (C=O) groups is 2. The quantitative estimate of drug-likeness (QED) is 0.631. The summed E-state index contributed by atoms with van der Waals surface area (Å²) in [6.07, 6.45) is 3.00. The smallest absolute Gasteiger partial charge is 0.335 e. The second-order valence-electron chi connectivity index (χ2n) is 4.59. The van der Waals surface area contributed by atoms with Gasteiger partial charge < -0.3 is 14.2 Å². The Hall–Kier alpha value is -2.48. The second kappa shape index (κ2) is 8.23. The van der Waals surface area contributed by atoms with Crippen molar-refractivity contribution in [3.8, 4) is 0 Å². The number of Topliss-reactive ketones (excluding diaryl/α,β-unsaturated/α-hetero) is 1. The maximum absolute atomic E-state index is 11.1. The van der Waals surface area contributed by atoms with E-state index in [0.29, 0.717) is 5.56 Å². The van der Waals surface area contributed by atoms with E-state index < -0.39 is 5.97 Å². The van der Waals surface area contributed by atoms with E-state index in [0.717, 1.165) is 6.07 Å². The van der Waals surface area contributed by atoms with Crippen molar-refractivity contribution in [1.82, 2.24) is 9.13 Å². The number of ketones is 1. The molecule has 8 heteroatoms. The Morgan fingerprint density at radius 2 is 1.43 bits per heavy atom. The summed E-state index contributed by atoms with van der Waals surface area (Å²) in [5.41, 5.74) is -0.00484. The van der Waals surface area contributed by atoms with E-state index in [9.17, 15) is 19.2 Å². The molecular weight excluding hydrogens is 368 g/mol. The number of halogens is 1. The molecule has 2 aromatic heterocycles. The minimum atomic E-state index is -1.08. The first-order valence-corrected chi connectivity index (χ1v) is 7.54. The average molecular weight is 383 g/mol. The number of nitrogens with zero attached hydrogens (tertiary/aromatic N) is 2. The van der Waals surface area contributed by atoms with E-state index in [1.54, 1.807) is 26.4 Å². The van der Waals surface area contributed by atoms with E-state index in [2.05, 4.69) is 15.9 Å². The molecule has 2 aromatic rings. The first kappa shape index (κ1) is 18.6. The van der Waals surface area contributed by atoms with Gasteiger partial charge in [0.1, 0.15) is 0 Å². The highest BCUT2D eigenvalue weighted by atomic mass is 79.9. The Balaban J connectivity index is 0.000000231. The van der Waals surface area contributed by atoms with Crippen molar-refractivity contribution in [3.05, 3.63) is 68.5 Å². The standard InChI is InChI=1S/C8H8BrNO2.C7H7NO3/c1-10-3-2-6(4-8(10)12)7(11)5-9;1-8-3-2-5(7(10)11)4-6(8)9/h2-4H,5H2,1H3;2-4H,1H3,(H,10,11). The molecule has 0 radical (unpaired) electrons.